The summed E-state index contributed by atoms with van der Waals surface area (Å²) in [4.78, 5) is 21.5. The number of pyridine rings is 1. The molecule has 0 saturated carbocycles. The smallest absolute Gasteiger partial charge is 0.318 e. The van der Waals surface area contributed by atoms with Crippen LogP contribution in [0, 0.1) is 0 Å². The Kier molecular flexibility index (Phi) is 6.26. The standard InChI is InChI=1S/C23H30N4O3/c1-3-26(4-2)22-10-7-17(15-24-22)16-25-23(28)27-11-5-6-19(27)18-8-9-20-21(14-18)30-13-12-29-20/h7-10,14-15,19H,3-6,11-13,16H2,1-2H3,(H,25,28). The molecule has 2 aromatic rings. The number of urea groups is 1. The van der Waals surface area contributed by atoms with Crippen molar-refractivity contribution in [1.29, 1.82) is 0 Å². The Morgan fingerprint density at radius 1 is 1.17 bits per heavy atom. The maximum Gasteiger partial charge on any atom is 0.318 e. The Bertz CT molecular complexity index is 867. The van der Waals surface area contributed by atoms with E-state index in [2.05, 4.69) is 29.0 Å². The third kappa shape index (κ3) is 4.30. The molecule has 0 radical (unpaired) electrons. The molecule has 0 bridgehead atoms. The van der Waals surface area contributed by atoms with E-state index in [9.17, 15) is 4.79 Å². The average molecular weight is 411 g/mol. The van der Waals surface area contributed by atoms with E-state index in [1.54, 1.807) is 0 Å². The fourth-order valence-corrected chi connectivity index (χ4v) is 4.16. The molecule has 0 aliphatic carbocycles. The number of benzene rings is 1. The zero-order chi connectivity index (χ0) is 20.9. The number of aromatic nitrogens is 1. The summed E-state index contributed by atoms with van der Waals surface area (Å²) in [7, 11) is 0. The molecule has 1 unspecified atom stereocenters. The number of ether oxygens (including phenoxy) is 2. The van der Waals surface area contributed by atoms with Gasteiger partial charge in [0.25, 0.3) is 0 Å². The van der Waals surface area contributed by atoms with Gasteiger partial charge in [-0.2, -0.15) is 0 Å². The van der Waals surface area contributed by atoms with Crippen LogP contribution in [0.4, 0.5) is 10.6 Å². The van der Waals surface area contributed by atoms with Crippen molar-refractivity contribution in [1.82, 2.24) is 15.2 Å². The first-order valence-electron chi connectivity index (χ1n) is 10.8. The maximum absolute atomic E-state index is 12.9. The van der Waals surface area contributed by atoms with Gasteiger partial charge in [-0.05, 0) is 56.0 Å². The summed E-state index contributed by atoms with van der Waals surface area (Å²) in [5.74, 6) is 2.51. The largest absolute Gasteiger partial charge is 0.486 e. The van der Waals surface area contributed by atoms with Crippen molar-refractivity contribution < 1.29 is 14.3 Å². The van der Waals surface area contributed by atoms with Crippen molar-refractivity contribution >= 4 is 11.8 Å². The van der Waals surface area contributed by atoms with Crippen LogP contribution >= 0.6 is 0 Å². The van der Waals surface area contributed by atoms with Crippen LogP contribution in [0.5, 0.6) is 11.5 Å². The van der Waals surface area contributed by atoms with Gasteiger partial charge < -0.3 is 24.6 Å². The lowest BCUT2D eigenvalue weighted by Gasteiger charge is -2.27. The van der Waals surface area contributed by atoms with E-state index in [1.807, 2.05) is 41.4 Å². The van der Waals surface area contributed by atoms with Crippen molar-refractivity contribution in [2.75, 3.05) is 37.7 Å². The monoisotopic (exact) mass is 410 g/mol. The molecule has 3 heterocycles. The zero-order valence-electron chi connectivity index (χ0n) is 17.8. The van der Waals surface area contributed by atoms with E-state index in [4.69, 9.17) is 9.47 Å². The Balaban J connectivity index is 1.38. The Morgan fingerprint density at radius 2 is 1.97 bits per heavy atom. The second-order valence-electron chi connectivity index (χ2n) is 7.61. The molecule has 160 valence electrons. The van der Waals surface area contributed by atoms with Gasteiger partial charge in [0.15, 0.2) is 11.5 Å². The lowest BCUT2D eigenvalue weighted by molar-refractivity contribution is 0.170. The molecule has 2 aliphatic heterocycles. The first-order valence-corrected chi connectivity index (χ1v) is 10.8. The Labute approximate surface area is 178 Å². The predicted molar refractivity (Wildman–Crippen MR) is 116 cm³/mol. The Hall–Kier alpha value is -2.96. The number of fused-ring (bicyclic) bond motifs is 1. The molecular formula is C23H30N4O3. The second kappa shape index (κ2) is 9.24. The van der Waals surface area contributed by atoms with Crippen molar-refractivity contribution in [2.45, 2.75) is 39.3 Å². The van der Waals surface area contributed by atoms with Gasteiger partial charge in [-0.25, -0.2) is 9.78 Å². The summed E-state index contributed by atoms with van der Waals surface area (Å²) >= 11 is 0. The summed E-state index contributed by atoms with van der Waals surface area (Å²) in [5.41, 5.74) is 2.09. The van der Waals surface area contributed by atoms with Crippen LogP contribution in [0.15, 0.2) is 36.5 Å². The van der Waals surface area contributed by atoms with Gasteiger partial charge in [0.1, 0.15) is 19.0 Å². The number of rotatable bonds is 6. The van der Waals surface area contributed by atoms with Gasteiger partial charge in [0, 0.05) is 32.4 Å². The zero-order valence-corrected chi connectivity index (χ0v) is 17.8. The van der Waals surface area contributed by atoms with Gasteiger partial charge >= 0.3 is 6.03 Å². The molecule has 1 N–H and O–H groups in total. The fraction of sp³-hybridized carbons (Fsp3) is 0.478. The molecule has 2 aliphatic rings. The van der Waals surface area contributed by atoms with Gasteiger partial charge in [0.05, 0.1) is 6.04 Å². The summed E-state index contributed by atoms with van der Waals surface area (Å²) < 4.78 is 11.3. The highest BCUT2D eigenvalue weighted by molar-refractivity contribution is 5.75. The average Bonchev–Trinajstić information content (AvgIpc) is 3.29. The topological polar surface area (TPSA) is 66.9 Å². The van der Waals surface area contributed by atoms with Crippen LogP contribution < -0.4 is 19.7 Å². The maximum atomic E-state index is 12.9. The summed E-state index contributed by atoms with van der Waals surface area (Å²) in [6.45, 7) is 8.45. The van der Waals surface area contributed by atoms with Crippen LogP contribution in [0.25, 0.3) is 0 Å². The number of carbonyl (C=O) groups excluding carboxylic acids is 1. The van der Waals surface area contributed by atoms with Crippen LogP contribution in [-0.2, 0) is 6.54 Å². The summed E-state index contributed by atoms with van der Waals surface area (Å²) in [5, 5.41) is 3.06. The number of likely N-dealkylation sites (tertiary alicyclic amines) is 1. The quantitative estimate of drug-likeness (QED) is 0.786. The number of nitrogens with zero attached hydrogens (tertiary/aromatic N) is 3. The van der Waals surface area contributed by atoms with E-state index in [0.29, 0.717) is 19.8 Å². The van der Waals surface area contributed by atoms with E-state index in [-0.39, 0.29) is 12.1 Å². The highest BCUT2D eigenvalue weighted by atomic mass is 16.6. The first-order chi connectivity index (χ1) is 14.7. The second-order valence-corrected chi connectivity index (χ2v) is 7.61. The highest BCUT2D eigenvalue weighted by Gasteiger charge is 2.30. The molecule has 0 spiro atoms. The van der Waals surface area contributed by atoms with Crippen LogP contribution in [0.3, 0.4) is 0 Å². The fourth-order valence-electron chi connectivity index (χ4n) is 4.16. The third-order valence-corrected chi connectivity index (χ3v) is 5.80. The molecule has 1 atom stereocenters. The molecular weight excluding hydrogens is 380 g/mol. The lowest BCUT2D eigenvalue weighted by Crippen LogP contribution is -2.39. The molecule has 7 heteroatoms. The Morgan fingerprint density at radius 3 is 2.70 bits per heavy atom. The minimum Gasteiger partial charge on any atom is -0.486 e. The lowest BCUT2D eigenvalue weighted by atomic mass is 10.0. The van der Waals surface area contributed by atoms with E-state index >= 15 is 0 Å². The predicted octanol–water partition coefficient (Wildman–Crippen LogP) is 3.75. The first kappa shape index (κ1) is 20.3. The van der Waals surface area contributed by atoms with E-state index in [0.717, 1.165) is 60.9 Å². The molecule has 1 fully saturated rings. The minimum absolute atomic E-state index is 0.0415. The number of nitrogens with one attached hydrogen (secondary N) is 1. The number of carbonyl (C=O) groups is 1. The van der Waals surface area contributed by atoms with Crippen molar-refractivity contribution in [3.63, 3.8) is 0 Å². The number of hydrogen-bond acceptors (Lipinski definition) is 5. The normalized spacial score (nSPS) is 17.7. The number of hydrogen-bond donors (Lipinski definition) is 1. The minimum atomic E-state index is -0.0415. The van der Waals surface area contributed by atoms with Gasteiger partial charge in [0.2, 0.25) is 0 Å². The van der Waals surface area contributed by atoms with E-state index in [1.165, 1.54) is 0 Å². The van der Waals surface area contributed by atoms with Gasteiger partial charge in [-0.3, -0.25) is 0 Å². The summed E-state index contributed by atoms with van der Waals surface area (Å²) in [6, 6.07) is 10.1. The van der Waals surface area contributed by atoms with Crippen molar-refractivity contribution in [2.24, 2.45) is 0 Å². The number of amides is 2. The van der Waals surface area contributed by atoms with Crippen LogP contribution in [-0.4, -0.2) is 48.8 Å². The molecule has 1 aromatic heterocycles. The SMILES string of the molecule is CCN(CC)c1ccc(CNC(=O)N2CCCC2c2ccc3c(c2)OCCO3)cn1. The van der Waals surface area contributed by atoms with Crippen LogP contribution in [0.1, 0.15) is 43.9 Å². The number of anilines is 1. The molecule has 1 aromatic carbocycles. The van der Waals surface area contributed by atoms with Crippen molar-refractivity contribution in [3.05, 3.63) is 47.7 Å². The molecule has 30 heavy (non-hydrogen) atoms. The molecule has 2 amide bonds. The third-order valence-electron chi connectivity index (χ3n) is 5.80. The van der Waals surface area contributed by atoms with Crippen molar-refractivity contribution in [3.8, 4) is 11.5 Å². The molecule has 7 nitrogen and oxygen atoms in total. The van der Waals surface area contributed by atoms with Gasteiger partial charge in [-0.1, -0.05) is 12.1 Å². The summed E-state index contributed by atoms with van der Waals surface area (Å²) in [6.07, 6.45) is 3.79. The van der Waals surface area contributed by atoms with Crippen LogP contribution in [0.2, 0.25) is 0 Å². The molecule has 1 saturated heterocycles. The highest BCUT2D eigenvalue weighted by Crippen LogP contribution is 2.38. The molecule has 4 rings (SSSR count). The van der Waals surface area contributed by atoms with E-state index < -0.39 is 0 Å². The van der Waals surface area contributed by atoms with Gasteiger partial charge in [-0.15, -0.1) is 0 Å².